The van der Waals surface area contributed by atoms with Gasteiger partial charge in [-0.15, -0.1) is 0 Å². The molecule has 0 aliphatic carbocycles. The first-order chi connectivity index (χ1) is 31.5. The van der Waals surface area contributed by atoms with Crippen LogP contribution in [0, 0.1) is 0 Å². The van der Waals surface area contributed by atoms with Crippen LogP contribution in [0.5, 0.6) is 0 Å². The summed E-state index contributed by atoms with van der Waals surface area (Å²) in [6, 6.07) is 0. The van der Waals surface area contributed by atoms with Gasteiger partial charge in [-0.25, -0.2) is 0 Å². The molecule has 0 saturated carbocycles. The number of allylic oxidation sites excluding steroid dienone is 20. The van der Waals surface area contributed by atoms with Crippen LogP contribution >= 0.6 is 0 Å². The minimum Gasteiger partial charge on any atom is -0.462 e. The standard InChI is InChI=1S/C58H92O6/c1-4-7-10-13-16-19-22-25-27-29-31-33-36-39-42-45-48-51-57(60)63-54-55(53-62-56(59)50-47-44-41-38-35-32-24-21-18-15-12-9-6-3)64-58(61)52-49-46-43-40-37-34-30-28-26-23-20-17-14-11-8-5-2/h7,9-10,12,15-16,18-19,21,24-25,27,31-33,35,38-39,41-42,55H,4-6,8,11,13-14,17,20,22-23,26,28-30,34,36-37,40,43-54H2,1-3H3/b10-7-,12-9-,18-15-,19-16-,24-21-,27-25-,33-31-,35-32-,41-38-,42-39-. The molecule has 1 atom stereocenters. The Hall–Kier alpha value is -4.19. The Labute approximate surface area is 392 Å². The van der Waals surface area contributed by atoms with Crippen LogP contribution < -0.4 is 0 Å². The maximum absolute atomic E-state index is 12.8. The molecule has 0 aromatic rings. The van der Waals surface area contributed by atoms with Crippen molar-refractivity contribution >= 4 is 17.9 Å². The van der Waals surface area contributed by atoms with Crippen LogP contribution in [0.1, 0.15) is 207 Å². The molecule has 0 aromatic carbocycles. The zero-order valence-corrected chi connectivity index (χ0v) is 41.0. The normalized spacial score (nSPS) is 13.1. The monoisotopic (exact) mass is 885 g/mol. The summed E-state index contributed by atoms with van der Waals surface area (Å²) >= 11 is 0. The van der Waals surface area contributed by atoms with Crippen molar-refractivity contribution in [2.45, 2.75) is 213 Å². The largest absolute Gasteiger partial charge is 0.462 e. The molecule has 0 aliphatic heterocycles. The molecule has 0 saturated heterocycles. The second-order valence-electron chi connectivity index (χ2n) is 16.4. The lowest BCUT2D eigenvalue weighted by molar-refractivity contribution is -0.167. The smallest absolute Gasteiger partial charge is 0.306 e. The van der Waals surface area contributed by atoms with E-state index in [1.165, 1.54) is 83.5 Å². The summed E-state index contributed by atoms with van der Waals surface area (Å²) < 4.78 is 16.7. The average molecular weight is 885 g/mol. The van der Waals surface area contributed by atoms with Crippen molar-refractivity contribution in [1.29, 1.82) is 0 Å². The van der Waals surface area contributed by atoms with Crippen molar-refractivity contribution in [3.05, 3.63) is 122 Å². The Kier molecular flexibility index (Phi) is 48.1. The van der Waals surface area contributed by atoms with E-state index in [9.17, 15) is 14.4 Å². The Morgan fingerprint density at radius 1 is 0.344 bits per heavy atom. The summed E-state index contributed by atoms with van der Waals surface area (Å²) in [5, 5.41) is 0. The number of carbonyl (C=O) groups excluding carboxylic acids is 3. The molecule has 6 heteroatoms. The fourth-order valence-corrected chi connectivity index (χ4v) is 6.57. The topological polar surface area (TPSA) is 78.9 Å². The minimum absolute atomic E-state index is 0.132. The van der Waals surface area contributed by atoms with Gasteiger partial charge >= 0.3 is 17.9 Å². The second-order valence-corrected chi connectivity index (χ2v) is 16.4. The van der Waals surface area contributed by atoms with E-state index in [4.69, 9.17) is 14.2 Å². The first kappa shape index (κ1) is 59.8. The summed E-state index contributed by atoms with van der Waals surface area (Å²) in [5.74, 6) is -1.06. The summed E-state index contributed by atoms with van der Waals surface area (Å²) in [5.41, 5.74) is 0. The summed E-state index contributed by atoms with van der Waals surface area (Å²) in [6.45, 7) is 6.25. The molecular formula is C58H92O6. The van der Waals surface area contributed by atoms with E-state index in [1.807, 2.05) is 54.7 Å². The Bertz CT molecular complexity index is 1390. The van der Waals surface area contributed by atoms with Gasteiger partial charge < -0.3 is 14.2 Å². The van der Waals surface area contributed by atoms with Crippen molar-refractivity contribution in [3.8, 4) is 0 Å². The highest BCUT2D eigenvalue weighted by Crippen LogP contribution is 2.15. The molecule has 0 amide bonds. The Morgan fingerprint density at radius 3 is 1.12 bits per heavy atom. The highest BCUT2D eigenvalue weighted by molar-refractivity contribution is 5.71. The average Bonchev–Trinajstić information content (AvgIpc) is 3.29. The molecule has 0 N–H and O–H groups in total. The first-order valence-corrected chi connectivity index (χ1v) is 25.6. The quantitative estimate of drug-likeness (QED) is 0.0199. The molecule has 0 aromatic heterocycles. The molecule has 0 radical (unpaired) electrons. The van der Waals surface area contributed by atoms with Gasteiger partial charge in [0, 0.05) is 19.3 Å². The number of rotatable bonds is 44. The zero-order chi connectivity index (χ0) is 46.5. The summed E-state index contributed by atoms with van der Waals surface area (Å²) in [7, 11) is 0. The molecule has 0 bridgehead atoms. The predicted molar refractivity (Wildman–Crippen MR) is 274 cm³/mol. The van der Waals surface area contributed by atoms with Crippen LogP contribution in [0.4, 0.5) is 0 Å². The van der Waals surface area contributed by atoms with Crippen LogP contribution in [0.3, 0.4) is 0 Å². The van der Waals surface area contributed by atoms with Gasteiger partial charge in [0.05, 0.1) is 0 Å². The number of unbranched alkanes of at least 4 members (excludes halogenated alkanes) is 17. The van der Waals surface area contributed by atoms with Crippen LogP contribution in [0.25, 0.3) is 0 Å². The van der Waals surface area contributed by atoms with Crippen molar-refractivity contribution in [1.82, 2.24) is 0 Å². The molecular weight excluding hydrogens is 793 g/mol. The van der Waals surface area contributed by atoms with Crippen molar-refractivity contribution in [3.63, 3.8) is 0 Å². The fourth-order valence-electron chi connectivity index (χ4n) is 6.57. The molecule has 0 fully saturated rings. The molecule has 0 rings (SSSR count). The Morgan fingerprint density at radius 2 is 0.688 bits per heavy atom. The lowest BCUT2D eigenvalue weighted by atomic mass is 10.0. The molecule has 0 spiro atoms. The number of ether oxygens (including phenoxy) is 3. The number of carbonyl (C=O) groups is 3. The summed E-state index contributed by atoms with van der Waals surface area (Å²) in [4.78, 5) is 37.9. The van der Waals surface area contributed by atoms with Crippen LogP contribution in [-0.4, -0.2) is 37.2 Å². The van der Waals surface area contributed by atoms with Crippen molar-refractivity contribution in [2.24, 2.45) is 0 Å². The number of hydrogen-bond acceptors (Lipinski definition) is 6. The molecule has 6 nitrogen and oxygen atoms in total. The maximum atomic E-state index is 12.8. The van der Waals surface area contributed by atoms with E-state index in [0.717, 1.165) is 70.6 Å². The molecule has 1 unspecified atom stereocenters. The van der Waals surface area contributed by atoms with Gasteiger partial charge in [-0.05, 0) is 70.6 Å². The lowest BCUT2D eigenvalue weighted by Gasteiger charge is -2.18. The van der Waals surface area contributed by atoms with E-state index in [0.29, 0.717) is 19.3 Å². The van der Waals surface area contributed by atoms with E-state index in [2.05, 4.69) is 87.6 Å². The van der Waals surface area contributed by atoms with Gasteiger partial charge in [-0.3, -0.25) is 14.4 Å². The van der Waals surface area contributed by atoms with Gasteiger partial charge in [0.25, 0.3) is 0 Å². The SMILES string of the molecule is CC\C=C/C=C\C=C/C=C\C=C/CCCC(=O)OCC(COC(=O)CCC/C=C\C/C=C\C/C=C\C/C=C\C/C=C\CC)OC(=O)CCCCCCCCCCCCCCCCCC. The van der Waals surface area contributed by atoms with Gasteiger partial charge in [-0.1, -0.05) is 239 Å². The van der Waals surface area contributed by atoms with E-state index >= 15 is 0 Å². The third-order valence-electron chi connectivity index (χ3n) is 10.3. The third-order valence-corrected chi connectivity index (χ3v) is 10.3. The number of hydrogen-bond donors (Lipinski definition) is 0. The minimum atomic E-state index is -0.831. The molecule has 0 heterocycles. The van der Waals surface area contributed by atoms with Crippen LogP contribution in [0.15, 0.2) is 122 Å². The van der Waals surface area contributed by atoms with Crippen LogP contribution in [0.2, 0.25) is 0 Å². The van der Waals surface area contributed by atoms with Crippen molar-refractivity contribution in [2.75, 3.05) is 13.2 Å². The lowest BCUT2D eigenvalue weighted by Crippen LogP contribution is -2.30. The maximum Gasteiger partial charge on any atom is 0.306 e. The second kappa shape index (κ2) is 51.4. The van der Waals surface area contributed by atoms with Crippen LogP contribution in [-0.2, 0) is 28.6 Å². The molecule has 64 heavy (non-hydrogen) atoms. The predicted octanol–water partition coefficient (Wildman–Crippen LogP) is 16.9. The van der Waals surface area contributed by atoms with Gasteiger partial charge in [0.2, 0.25) is 0 Å². The van der Waals surface area contributed by atoms with E-state index < -0.39 is 6.10 Å². The highest BCUT2D eigenvalue weighted by atomic mass is 16.6. The van der Waals surface area contributed by atoms with Gasteiger partial charge in [0.1, 0.15) is 13.2 Å². The Balaban J connectivity index is 4.57. The molecule has 0 aliphatic rings. The van der Waals surface area contributed by atoms with Crippen molar-refractivity contribution < 1.29 is 28.6 Å². The summed E-state index contributed by atoms with van der Waals surface area (Å²) in [6.07, 6.45) is 70.5. The number of esters is 3. The van der Waals surface area contributed by atoms with Gasteiger partial charge in [0.15, 0.2) is 6.10 Å². The first-order valence-electron chi connectivity index (χ1n) is 25.6. The van der Waals surface area contributed by atoms with Gasteiger partial charge in [-0.2, -0.15) is 0 Å². The van der Waals surface area contributed by atoms with E-state index in [1.54, 1.807) is 0 Å². The fraction of sp³-hybridized carbons (Fsp3) is 0.603. The molecule has 360 valence electrons. The zero-order valence-electron chi connectivity index (χ0n) is 41.0. The van der Waals surface area contributed by atoms with E-state index in [-0.39, 0.29) is 44.0 Å². The highest BCUT2D eigenvalue weighted by Gasteiger charge is 2.19. The third kappa shape index (κ3) is 48.8.